The first-order chi connectivity index (χ1) is 12.7. The molecule has 0 saturated heterocycles. The van der Waals surface area contributed by atoms with Crippen LogP contribution in [0.5, 0.6) is 5.75 Å². The second-order valence-electron chi connectivity index (χ2n) is 5.96. The Morgan fingerprint density at radius 2 is 2.00 bits per heavy atom. The van der Waals surface area contributed by atoms with Gasteiger partial charge in [0.05, 0.1) is 5.69 Å². The third kappa shape index (κ3) is 4.83. The summed E-state index contributed by atoms with van der Waals surface area (Å²) in [6, 6.07) is 7.36. The molecule has 27 heavy (non-hydrogen) atoms. The van der Waals surface area contributed by atoms with Crippen molar-refractivity contribution in [2.45, 2.75) is 32.8 Å². The van der Waals surface area contributed by atoms with Gasteiger partial charge in [-0.05, 0) is 19.5 Å². The highest BCUT2D eigenvalue weighted by atomic mass is 32.1. The highest BCUT2D eigenvalue weighted by Gasteiger charge is 2.32. The second kappa shape index (κ2) is 7.65. The number of ether oxygens (including phenoxy) is 1. The predicted octanol–water partition coefficient (Wildman–Crippen LogP) is 3.24. The zero-order valence-electron chi connectivity index (χ0n) is 14.7. The minimum Gasteiger partial charge on any atom is -0.405 e. The van der Waals surface area contributed by atoms with Crippen LogP contribution >= 0.6 is 11.3 Å². The highest BCUT2D eigenvalue weighted by Crippen LogP contribution is 2.27. The monoisotopic (exact) mass is 398 g/mol. The fraction of sp³-hybridized carbons (Fsp3) is 0.353. The Morgan fingerprint density at radius 3 is 2.70 bits per heavy atom. The zero-order chi connectivity index (χ0) is 19.6. The van der Waals surface area contributed by atoms with Crippen LogP contribution in [0, 0.1) is 0 Å². The zero-order valence-corrected chi connectivity index (χ0v) is 15.5. The topological polar surface area (TPSA) is 59.7 Å². The standard InChI is InChI=1S/C17H17F3N4O2S/c1-3-14-22-24-15(25)8-12(21-16(24)27-14)10-23(2)9-11-6-4-5-7-13(11)26-17(18,19)20/h4-8H,3,9-10H2,1-2H3. The van der Waals surface area contributed by atoms with Gasteiger partial charge in [-0.3, -0.25) is 9.69 Å². The van der Waals surface area contributed by atoms with Crippen LogP contribution in [0.4, 0.5) is 13.2 Å². The average molecular weight is 398 g/mol. The van der Waals surface area contributed by atoms with E-state index in [-0.39, 0.29) is 17.9 Å². The molecule has 3 rings (SSSR count). The van der Waals surface area contributed by atoms with Gasteiger partial charge in [-0.25, -0.2) is 4.98 Å². The summed E-state index contributed by atoms with van der Waals surface area (Å²) in [5, 5.41) is 5.00. The molecule has 2 heterocycles. The Bertz CT molecular complexity index is 1000. The van der Waals surface area contributed by atoms with Crippen molar-refractivity contribution in [3.63, 3.8) is 0 Å². The van der Waals surface area contributed by atoms with E-state index in [9.17, 15) is 18.0 Å². The van der Waals surface area contributed by atoms with Gasteiger partial charge < -0.3 is 4.74 Å². The molecule has 144 valence electrons. The Hall–Kier alpha value is -2.46. The fourth-order valence-electron chi connectivity index (χ4n) is 2.60. The summed E-state index contributed by atoms with van der Waals surface area (Å²) in [6.45, 7) is 2.44. The van der Waals surface area contributed by atoms with Crippen molar-refractivity contribution in [2.24, 2.45) is 0 Å². The Labute approximate surface area is 156 Å². The van der Waals surface area contributed by atoms with Crippen LogP contribution in [0.2, 0.25) is 0 Å². The molecule has 6 nitrogen and oxygen atoms in total. The van der Waals surface area contributed by atoms with Gasteiger partial charge in [0, 0.05) is 24.7 Å². The van der Waals surface area contributed by atoms with E-state index in [2.05, 4.69) is 14.8 Å². The van der Waals surface area contributed by atoms with E-state index in [0.717, 1.165) is 5.01 Å². The maximum Gasteiger partial charge on any atom is 0.573 e. The molecule has 0 aliphatic heterocycles. The molecule has 0 fully saturated rings. The van der Waals surface area contributed by atoms with Crippen molar-refractivity contribution < 1.29 is 17.9 Å². The summed E-state index contributed by atoms with van der Waals surface area (Å²) in [4.78, 5) is 18.9. The Kier molecular flexibility index (Phi) is 5.47. The predicted molar refractivity (Wildman–Crippen MR) is 94.8 cm³/mol. The van der Waals surface area contributed by atoms with Gasteiger partial charge in [-0.1, -0.05) is 36.5 Å². The number of benzene rings is 1. The van der Waals surface area contributed by atoms with Gasteiger partial charge in [-0.15, -0.1) is 13.2 Å². The van der Waals surface area contributed by atoms with E-state index in [0.29, 0.717) is 29.2 Å². The lowest BCUT2D eigenvalue weighted by molar-refractivity contribution is -0.275. The van der Waals surface area contributed by atoms with E-state index < -0.39 is 6.36 Å². The molecule has 1 aromatic carbocycles. The van der Waals surface area contributed by atoms with Crippen LogP contribution in [0.15, 0.2) is 35.1 Å². The van der Waals surface area contributed by atoms with Crippen LogP contribution < -0.4 is 10.3 Å². The Balaban J connectivity index is 1.78. The van der Waals surface area contributed by atoms with Crippen molar-refractivity contribution in [1.29, 1.82) is 0 Å². The minimum absolute atomic E-state index is 0.205. The first-order valence-corrected chi connectivity index (χ1v) is 8.97. The molecule has 0 unspecified atom stereocenters. The number of fused-ring (bicyclic) bond motifs is 1. The summed E-state index contributed by atoms with van der Waals surface area (Å²) in [7, 11) is 1.73. The number of para-hydroxylation sites is 1. The van der Waals surface area contributed by atoms with Crippen molar-refractivity contribution in [3.8, 4) is 5.75 Å². The van der Waals surface area contributed by atoms with Crippen molar-refractivity contribution in [1.82, 2.24) is 19.5 Å². The number of hydrogen-bond acceptors (Lipinski definition) is 6. The van der Waals surface area contributed by atoms with Crippen LogP contribution in [0.3, 0.4) is 0 Å². The van der Waals surface area contributed by atoms with Crippen LogP contribution in [0.25, 0.3) is 4.96 Å². The first kappa shape index (κ1) is 19.3. The number of hydrogen-bond donors (Lipinski definition) is 0. The van der Waals surface area contributed by atoms with Crippen LogP contribution in [-0.2, 0) is 19.5 Å². The average Bonchev–Trinajstić information content (AvgIpc) is 2.99. The van der Waals surface area contributed by atoms with Crippen LogP contribution in [-0.4, -0.2) is 32.9 Å². The number of aryl methyl sites for hydroxylation is 1. The molecular formula is C17H17F3N4O2S. The molecule has 0 amide bonds. The molecule has 10 heteroatoms. The second-order valence-corrected chi connectivity index (χ2v) is 7.00. The number of aromatic nitrogens is 3. The number of alkyl halides is 3. The van der Waals surface area contributed by atoms with E-state index in [1.54, 1.807) is 24.1 Å². The summed E-state index contributed by atoms with van der Waals surface area (Å²) in [6.07, 6.45) is -4.04. The summed E-state index contributed by atoms with van der Waals surface area (Å²) in [5.74, 6) is -0.240. The first-order valence-electron chi connectivity index (χ1n) is 8.16. The largest absolute Gasteiger partial charge is 0.573 e. The lowest BCUT2D eigenvalue weighted by Gasteiger charge is -2.19. The maximum atomic E-state index is 12.5. The molecule has 0 aliphatic carbocycles. The molecule has 0 radical (unpaired) electrons. The van der Waals surface area contributed by atoms with E-state index in [4.69, 9.17) is 0 Å². The quantitative estimate of drug-likeness (QED) is 0.638. The summed E-state index contributed by atoms with van der Waals surface area (Å²) >= 11 is 1.34. The lowest BCUT2D eigenvalue weighted by atomic mass is 10.2. The van der Waals surface area contributed by atoms with Gasteiger partial charge in [0.1, 0.15) is 10.8 Å². The normalized spacial score (nSPS) is 12.1. The SMILES string of the molecule is CCc1nn2c(=O)cc(CN(C)Cc3ccccc3OC(F)(F)F)nc2s1. The fourth-order valence-corrected chi connectivity index (χ4v) is 3.46. The number of halogens is 3. The summed E-state index contributed by atoms with van der Waals surface area (Å²) in [5.41, 5.74) is 0.643. The molecule has 3 aromatic rings. The maximum absolute atomic E-state index is 12.5. The van der Waals surface area contributed by atoms with Crippen molar-refractivity contribution >= 4 is 16.3 Å². The summed E-state index contributed by atoms with van der Waals surface area (Å²) < 4.78 is 43.0. The van der Waals surface area contributed by atoms with Gasteiger partial charge >= 0.3 is 6.36 Å². The van der Waals surface area contributed by atoms with Gasteiger partial charge in [0.15, 0.2) is 0 Å². The van der Waals surface area contributed by atoms with Crippen LogP contribution in [0.1, 0.15) is 23.2 Å². The smallest absolute Gasteiger partial charge is 0.405 e. The minimum atomic E-state index is -4.75. The van der Waals surface area contributed by atoms with Gasteiger partial charge in [0.2, 0.25) is 4.96 Å². The van der Waals surface area contributed by atoms with E-state index >= 15 is 0 Å². The number of rotatable bonds is 6. The number of nitrogens with zero attached hydrogens (tertiary/aromatic N) is 4. The molecular weight excluding hydrogens is 381 g/mol. The molecule has 0 spiro atoms. The Morgan fingerprint density at radius 1 is 1.26 bits per heavy atom. The molecule has 0 N–H and O–H groups in total. The molecule has 0 saturated carbocycles. The molecule has 0 bridgehead atoms. The lowest BCUT2D eigenvalue weighted by Crippen LogP contribution is -2.23. The van der Waals surface area contributed by atoms with Gasteiger partial charge in [-0.2, -0.15) is 9.61 Å². The van der Waals surface area contributed by atoms with Crippen molar-refractivity contribution in [3.05, 3.63) is 57.0 Å². The third-order valence-electron chi connectivity index (χ3n) is 3.71. The third-order valence-corrected chi connectivity index (χ3v) is 4.77. The van der Waals surface area contributed by atoms with Gasteiger partial charge in [0.25, 0.3) is 5.56 Å². The molecule has 0 atom stereocenters. The van der Waals surface area contributed by atoms with E-state index in [1.807, 2.05) is 6.92 Å². The van der Waals surface area contributed by atoms with E-state index in [1.165, 1.54) is 34.1 Å². The molecule has 2 aromatic heterocycles. The van der Waals surface area contributed by atoms with Crippen molar-refractivity contribution in [2.75, 3.05) is 7.05 Å². The molecule has 0 aliphatic rings. The highest BCUT2D eigenvalue weighted by molar-refractivity contribution is 7.16.